The van der Waals surface area contributed by atoms with Gasteiger partial charge in [-0.3, -0.25) is 9.36 Å². The number of rotatable bonds is 3. The Morgan fingerprint density at radius 3 is 2.61 bits per heavy atom. The highest BCUT2D eigenvalue weighted by molar-refractivity contribution is 7.14. The summed E-state index contributed by atoms with van der Waals surface area (Å²) >= 11 is 1.44. The summed E-state index contributed by atoms with van der Waals surface area (Å²) < 4.78 is 1.41. The number of carbonyl (C=O) groups is 1. The molecule has 0 bridgehead atoms. The van der Waals surface area contributed by atoms with Crippen molar-refractivity contribution in [2.45, 2.75) is 27.3 Å². The molecule has 18 heavy (non-hydrogen) atoms. The number of hydrogen-bond acceptors (Lipinski definition) is 4. The van der Waals surface area contributed by atoms with Gasteiger partial charge in [0.25, 0.3) is 0 Å². The minimum absolute atomic E-state index is 0.0519. The number of ketones is 1. The third-order valence-corrected chi connectivity index (χ3v) is 3.71. The Labute approximate surface area is 109 Å². The van der Waals surface area contributed by atoms with Crippen LogP contribution in [-0.2, 0) is 6.54 Å². The molecule has 0 N–H and O–H groups in total. The maximum atomic E-state index is 12.0. The van der Waals surface area contributed by atoms with Crippen LogP contribution in [0.1, 0.15) is 25.9 Å². The average molecular weight is 262 g/mol. The molecular weight excluding hydrogens is 248 g/mol. The van der Waals surface area contributed by atoms with Crippen molar-refractivity contribution in [3.05, 3.63) is 49.8 Å². The number of nitrogens with zero attached hydrogens (tertiary/aromatic N) is 2. The van der Waals surface area contributed by atoms with Crippen molar-refractivity contribution < 1.29 is 4.79 Å². The van der Waals surface area contributed by atoms with Crippen LogP contribution in [0.5, 0.6) is 0 Å². The van der Waals surface area contributed by atoms with E-state index in [2.05, 4.69) is 4.98 Å². The fraction of sp³-hybridized carbons (Fsp3) is 0.308. The van der Waals surface area contributed by atoms with Gasteiger partial charge in [-0.1, -0.05) is 0 Å². The van der Waals surface area contributed by atoms with Crippen LogP contribution in [0.25, 0.3) is 0 Å². The van der Waals surface area contributed by atoms with E-state index in [-0.39, 0.29) is 18.0 Å². The minimum Gasteiger partial charge on any atom is -0.291 e. The topological polar surface area (TPSA) is 52.0 Å². The summed E-state index contributed by atoms with van der Waals surface area (Å²) in [6, 6.07) is 5.50. The van der Waals surface area contributed by atoms with E-state index in [0.29, 0.717) is 10.6 Å². The summed E-state index contributed by atoms with van der Waals surface area (Å²) in [7, 11) is 0. The smallest absolute Gasteiger partial charge is 0.291 e. The standard InChI is InChI=1S/C13H14N2O2S/c1-8-6-9(2)15(13(17)14-8)7-11(16)12-5-4-10(3)18-12/h4-6H,7H2,1-3H3. The third kappa shape index (κ3) is 2.56. The Hall–Kier alpha value is -1.75. The van der Waals surface area contributed by atoms with E-state index in [4.69, 9.17) is 0 Å². The van der Waals surface area contributed by atoms with Gasteiger partial charge in [0, 0.05) is 16.3 Å². The van der Waals surface area contributed by atoms with Crippen molar-refractivity contribution in [3.8, 4) is 0 Å². The quantitative estimate of drug-likeness (QED) is 0.796. The molecule has 0 amide bonds. The van der Waals surface area contributed by atoms with Crippen molar-refractivity contribution in [1.82, 2.24) is 9.55 Å². The minimum atomic E-state index is -0.367. The van der Waals surface area contributed by atoms with Gasteiger partial charge in [-0.2, -0.15) is 4.98 Å². The van der Waals surface area contributed by atoms with Gasteiger partial charge in [-0.25, -0.2) is 4.79 Å². The Morgan fingerprint density at radius 1 is 1.33 bits per heavy atom. The summed E-state index contributed by atoms with van der Waals surface area (Å²) in [5.41, 5.74) is 1.07. The first-order valence-electron chi connectivity index (χ1n) is 5.62. The fourth-order valence-electron chi connectivity index (χ4n) is 1.77. The average Bonchev–Trinajstić information content (AvgIpc) is 2.70. The van der Waals surface area contributed by atoms with Crippen molar-refractivity contribution >= 4 is 17.1 Å². The van der Waals surface area contributed by atoms with E-state index in [1.807, 2.05) is 19.9 Å². The third-order valence-electron chi connectivity index (χ3n) is 2.66. The number of thiophene rings is 1. The highest BCUT2D eigenvalue weighted by Crippen LogP contribution is 2.16. The van der Waals surface area contributed by atoms with E-state index in [9.17, 15) is 9.59 Å². The molecule has 4 nitrogen and oxygen atoms in total. The van der Waals surface area contributed by atoms with Gasteiger partial charge in [0.2, 0.25) is 0 Å². The number of Topliss-reactive ketones (excluding diaryl/α,β-unsaturated/α-hetero) is 1. The zero-order valence-corrected chi connectivity index (χ0v) is 11.4. The second-order valence-electron chi connectivity index (χ2n) is 4.24. The van der Waals surface area contributed by atoms with Crippen LogP contribution in [0, 0.1) is 20.8 Å². The van der Waals surface area contributed by atoms with Crippen molar-refractivity contribution in [1.29, 1.82) is 0 Å². The summed E-state index contributed by atoms with van der Waals surface area (Å²) in [5.74, 6) is -0.0519. The summed E-state index contributed by atoms with van der Waals surface area (Å²) in [6.07, 6.45) is 0. The van der Waals surface area contributed by atoms with E-state index >= 15 is 0 Å². The van der Waals surface area contributed by atoms with Crippen LogP contribution in [-0.4, -0.2) is 15.3 Å². The second-order valence-corrected chi connectivity index (χ2v) is 5.53. The zero-order valence-electron chi connectivity index (χ0n) is 10.6. The van der Waals surface area contributed by atoms with Gasteiger partial charge in [-0.05, 0) is 39.0 Å². The molecule has 0 aliphatic heterocycles. The molecule has 0 spiro atoms. The lowest BCUT2D eigenvalue weighted by Crippen LogP contribution is -2.28. The molecule has 0 atom stereocenters. The molecule has 0 fully saturated rings. The van der Waals surface area contributed by atoms with Crippen LogP contribution in [0.15, 0.2) is 23.0 Å². The zero-order chi connectivity index (χ0) is 13.3. The molecule has 0 aliphatic carbocycles. The first-order valence-corrected chi connectivity index (χ1v) is 6.44. The van der Waals surface area contributed by atoms with E-state index in [0.717, 1.165) is 10.6 Å². The second kappa shape index (κ2) is 4.86. The monoisotopic (exact) mass is 262 g/mol. The lowest BCUT2D eigenvalue weighted by atomic mass is 10.3. The molecule has 0 unspecified atom stereocenters. The summed E-state index contributed by atoms with van der Waals surface area (Å²) in [6.45, 7) is 5.58. The first kappa shape index (κ1) is 12.7. The predicted octanol–water partition coefficient (Wildman–Crippen LogP) is 2.11. The molecule has 2 aromatic heterocycles. The maximum absolute atomic E-state index is 12.0. The highest BCUT2D eigenvalue weighted by Gasteiger charge is 2.12. The molecule has 0 aromatic carbocycles. The molecule has 94 valence electrons. The molecule has 5 heteroatoms. The molecular formula is C13H14N2O2S. The Bertz CT molecular complexity index is 655. The maximum Gasteiger partial charge on any atom is 0.348 e. The lowest BCUT2D eigenvalue weighted by molar-refractivity contribution is 0.0973. The number of aromatic nitrogens is 2. The van der Waals surface area contributed by atoms with Crippen molar-refractivity contribution in [2.24, 2.45) is 0 Å². The van der Waals surface area contributed by atoms with Gasteiger partial charge in [0.05, 0.1) is 11.4 Å². The van der Waals surface area contributed by atoms with Crippen molar-refractivity contribution in [2.75, 3.05) is 0 Å². The number of aryl methyl sites for hydroxylation is 3. The van der Waals surface area contributed by atoms with Gasteiger partial charge in [0.15, 0.2) is 5.78 Å². The van der Waals surface area contributed by atoms with Gasteiger partial charge in [0.1, 0.15) is 0 Å². The Kier molecular flexibility index (Phi) is 3.43. The fourth-order valence-corrected chi connectivity index (χ4v) is 2.57. The van der Waals surface area contributed by atoms with Crippen LogP contribution in [0.4, 0.5) is 0 Å². The first-order chi connectivity index (χ1) is 8.47. The Balaban J connectivity index is 2.30. The predicted molar refractivity (Wildman–Crippen MR) is 71.4 cm³/mol. The summed E-state index contributed by atoms with van der Waals surface area (Å²) in [4.78, 5) is 29.4. The lowest BCUT2D eigenvalue weighted by Gasteiger charge is -2.07. The van der Waals surface area contributed by atoms with Gasteiger partial charge < -0.3 is 0 Å². The van der Waals surface area contributed by atoms with Gasteiger partial charge >= 0.3 is 5.69 Å². The molecule has 2 aromatic rings. The van der Waals surface area contributed by atoms with Crippen molar-refractivity contribution in [3.63, 3.8) is 0 Å². The van der Waals surface area contributed by atoms with E-state index in [1.165, 1.54) is 15.9 Å². The SMILES string of the molecule is Cc1cc(C)n(CC(=O)c2ccc(C)s2)c(=O)n1. The molecule has 0 radical (unpaired) electrons. The van der Waals surface area contributed by atoms with Crippen LogP contribution >= 0.6 is 11.3 Å². The highest BCUT2D eigenvalue weighted by atomic mass is 32.1. The molecule has 2 heterocycles. The molecule has 0 saturated carbocycles. The van der Waals surface area contributed by atoms with Gasteiger partial charge in [-0.15, -0.1) is 11.3 Å². The Morgan fingerprint density at radius 2 is 2.06 bits per heavy atom. The molecule has 2 rings (SSSR count). The number of carbonyl (C=O) groups excluding carboxylic acids is 1. The van der Waals surface area contributed by atoms with Crippen LogP contribution < -0.4 is 5.69 Å². The van der Waals surface area contributed by atoms with Crippen LogP contribution in [0.3, 0.4) is 0 Å². The number of hydrogen-bond donors (Lipinski definition) is 0. The van der Waals surface area contributed by atoms with Crippen LogP contribution in [0.2, 0.25) is 0 Å². The summed E-state index contributed by atoms with van der Waals surface area (Å²) in [5, 5.41) is 0. The van der Waals surface area contributed by atoms with E-state index < -0.39 is 0 Å². The molecule has 0 saturated heterocycles. The van der Waals surface area contributed by atoms with E-state index in [1.54, 1.807) is 19.1 Å². The largest absolute Gasteiger partial charge is 0.348 e. The molecule has 0 aliphatic rings. The normalized spacial score (nSPS) is 10.6.